The van der Waals surface area contributed by atoms with Crippen LogP contribution in [0.3, 0.4) is 0 Å². The molecule has 0 saturated carbocycles. The molecule has 0 aliphatic carbocycles. The van der Waals surface area contributed by atoms with Gasteiger partial charge < -0.3 is 20.8 Å². The summed E-state index contributed by atoms with van der Waals surface area (Å²) >= 11 is 0. The van der Waals surface area contributed by atoms with Crippen molar-refractivity contribution in [2.24, 2.45) is 5.92 Å². The fraction of sp³-hybridized carbons (Fsp3) is 0.467. The highest BCUT2D eigenvalue weighted by atomic mass is 16.4. The Morgan fingerprint density at radius 1 is 1.29 bits per heavy atom. The number of carbonyl (C=O) groups excluding carboxylic acids is 1. The molecule has 0 fully saturated rings. The SMILES string of the molecule is Cc1cc(O)ccc1NC(=O)CC(NCC(C)C)C(=O)O. The van der Waals surface area contributed by atoms with E-state index in [1.54, 1.807) is 13.0 Å². The summed E-state index contributed by atoms with van der Waals surface area (Å²) in [5.74, 6) is -1.01. The summed E-state index contributed by atoms with van der Waals surface area (Å²) in [5, 5.41) is 23.9. The van der Waals surface area contributed by atoms with Crippen molar-refractivity contribution in [3.63, 3.8) is 0 Å². The van der Waals surface area contributed by atoms with E-state index < -0.39 is 12.0 Å². The van der Waals surface area contributed by atoms with Gasteiger partial charge in [-0.15, -0.1) is 0 Å². The number of phenols is 1. The Bertz CT molecular complexity index is 514. The van der Waals surface area contributed by atoms with Crippen LogP contribution in [0.25, 0.3) is 0 Å². The molecule has 0 aromatic heterocycles. The van der Waals surface area contributed by atoms with Gasteiger partial charge in [-0.25, -0.2) is 0 Å². The van der Waals surface area contributed by atoms with Crippen LogP contribution in [-0.2, 0) is 9.59 Å². The van der Waals surface area contributed by atoms with E-state index in [4.69, 9.17) is 5.11 Å². The number of benzene rings is 1. The lowest BCUT2D eigenvalue weighted by Crippen LogP contribution is -2.41. The molecule has 0 aliphatic heterocycles. The number of carboxylic acid groups (broad SMARTS) is 1. The first-order chi connectivity index (χ1) is 9.79. The van der Waals surface area contributed by atoms with Crippen LogP contribution in [-0.4, -0.2) is 34.7 Å². The number of aliphatic carboxylic acids is 1. The van der Waals surface area contributed by atoms with Gasteiger partial charge in [0.15, 0.2) is 0 Å². The molecule has 0 saturated heterocycles. The molecule has 1 amide bonds. The monoisotopic (exact) mass is 294 g/mol. The molecule has 6 heteroatoms. The molecule has 0 spiro atoms. The van der Waals surface area contributed by atoms with E-state index in [0.717, 1.165) is 0 Å². The zero-order chi connectivity index (χ0) is 16.0. The molecule has 0 heterocycles. The second kappa shape index (κ2) is 7.64. The Morgan fingerprint density at radius 3 is 2.48 bits per heavy atom. The number of aryl methyl sites for hydroxylation is 1. The predicted octanol–water partition coefficient (Wildman–Crippen LogP) is 1.73. The van der Waals surface area contributed by atoms with Crippen molar-refractivity contribution in [2.45, 2.75) is 33.2 Å². The van der Waals surface area contributed by atoms with Gasteiger partial charge in [0.25, 0.3) is 0 Å². The van der Waals surface area contributed by atoms with E-state index in [0.29, 0.717) is 23.7 Å². The largest absolute Gasteiger partial charge is 0.508 e. The quantitative estimate of drug-likeness (QED) is 0.574. The van der Waals surface area contributed by atoms with Crippen molar-refractivity contribution < 1.29 is 19.8 Å². The van der Waals surface area contributed by atoms with Crippen LogP contribution in [0.1, 0.15) is 25.8 Å². The maximum absolute atomic E-state index is 11.9. The number of carboxylic acids is 1. The number of aromatic hydroxyl groups is 1. The molecule has 1 aromatic carbocycles. The number of nitrogens with one attached hydrogen (secondary N) is 2. The van der Waals surface area contributed by atoms with Crippen molar-refractivity contribution in [2.75, 3.05) is 11.9 Å². The second-order valence-electron chi connectivity index (χ2n) is 5.44. The lowest BCUT2D eigenvalue weighted by molar-refractivity contribution is -0.141. The van der Waals surface area contributed by atoms with Gasteiger partial charge in [0.2, 0.25) is 5.91 Å². The first-order valence-corrected chi connectivity index (χ1v) is 6.85. The van der Waals surface area contributed by atoms with Crippen molar-refractivity contribution in [1.82, 2.24) is 5.32 Å². The maximum Gasteiger partial charge on any atom is 0.321 e. The van der Waals surface area contributed by atoms with Gasteiger partial charge >= 0.3 is 5.97 Å². The summed E-state index contributed by atoms with van der Waals surface area (Å²) < 4.78 is 0. The smallest absolute Gasteiger partial charge is 0.321 e. The fourth-order valence-electron chi connectivity index (χ4n) is 1.80. The normalized spacial score (nSPS) is 12.2. The molecule has 6 nitrogen and oxygen atoms in total. The molecule has 0 bridgehead atoms. The van der Waals surface area contributed by atoms with Crippen LogP contribution in [0.2, 0.25) is 0 Å². The van der Waals surface area contributed by atoms with Gasteiger partial charge in [0.1, 0.15) is 11.8 Å². The number of amides is 1. The van der Waals surface area contributed by atoms with Crippen molar-refractivity contribution in [3.8, 4) is 5.75 Å². The number of hydrogen-bond acceptors (Lipinski definition) is 4. The topological polar surface area (TPSA) is 98.7 Å². The molecule has 0 aliphatic rings. The summed E-state index contributed by atoms with van der Waals surface area (Å²) in [6.07, 6.45) is -0.150. The molecule has 21 heavy (non-hydrogen) atoms. The molecular weight excluding hydrogens is 272 g/mol. The number of phenolic OH excluding ortho intramolecular Hbond substituents is 1. The van der Waals surface area contributed by atoms with E-state index in [-0.39, 0.29) is 18.1 Å². The molecule has 1 rings (SSSR count). The Balaban J connectivity index is 2.63. The van der Waals surface area contributed by atoms with Gasteiger partial charge in [-0.2, -0.15) is 0 Å². The number of carbonyl (C=O) groups is 2. The van der Waals surface area contributed by atoms with Crippen LogP contribution in [0, 0.1) is 12.8 Å². The lowest BCUT2D eigenvalue weighted by Gasteiger charge is -2.16. The minimum absolute atomic E-state index is 0.118. The molecule has 1 aromatic rings. The Morgan fingerprint density at radius 2 is 1.95 bits per heavy atom. The molecule has 1 unspecified atom stereocenters. The van der Waals surface area contributed by atoms with Gasteiger partial charge in [-0.1, -0.05) is 13.8 Å². The zero-order valence-corrected chi connectivity index (χ0v) is 12.5. The maximum atomic E-state index is 11.9. The van der Waals surface area contributed by atoms with Gasteiger partial charge in [0, 0.05) is 5.69 Å². The highest BCUT2D eigenvalue weighted by Gasteiger charge is 2.21. The van der Waals surface area contributed by atoms with E-state index in [2.05, 4.69) is 10.6 Å². The summed E-state index contributed by atoms with van der Waals surface area (Å²) in [4.78, 5) is 23.1. The van der Waals surface area contributed by atoms with Crippen LogP contribution in [0.5, 0.6) is 5.75 Å². The lowest BCUT2D eigenvalue weighted by atomic mass is 10.1. The average Bonchev–Trinajstić information content (AvgIpc) is 2.37. The van der Waals surface area contributed by atoms with Gasteiger partial charge in [-0.05, 0) is 43.1 Å². The zero-order valence-electron chi connectivity index (χ0n) is 12.5. The third-order valence-corrected chi connectivity index (χ3v) is 2.94. The van der Waals surface area contributed by atoms with Crippen LogP contribution in [0.4, 0.5) is 5.69 Å². The van der Waals surface area contributed by atoms with Crippen molar-refractivity contribution in [3.05, 3.63) is 23.8 Å². The van der Waals surface area contributed by atoms with E-state index in [1.807, 2.05) is 13.8 Å². The molecule has 1 atom stereocenters. The van der Waals surface area contributed by atoms with Crippen LogP contribution >= 0.6 is 0 Å². The third-order valence-electron chi connectivity index (χ3n) is 2.94. The first kappa shape index (κ1) is 17.0. The Hall–Kier alpha value is -2.08. The fourth-order valence-corrected chi connectivity index (χ4v) is 1.80. The van der Waals surface area contributed by atoms with Crippen LogP contribution < -0.4 is 10.6 Å². The second-order valence-corrected chi connectivity index (χ2v) is 5.44. The Labute approximate surface area is 124 Å². The minimum Gasteiger partial charge on any atom is -0.508 e. The number of anilines is 1. The van der Waals surface area contributed by atoms with Gasteiger partial charge in [0.05, 0.1) is 6.42 Å². The van der Waals surface area contributed by atoms with Crippen molar-refractivity contribution in [1.29, 1.82) is 0 Å². The van der Waals surface area contributed by atoms with E-state index >= 15 is 0 Å². The van der Waals surface area contributed by atoms with E-state index in [1.165, 1.54) is 12.1 Å². The molecular formula is C15H22N2O4. The molecule has 0 radical (unpaired) electrons. The predicted molar refractivity (Wildman–Crippen MR) is 80.4 cm³/mol. The first-order valence-electron chi connectivity index (χ1n) is 6.85. The van der Waals surface area contributed by atoms with Crippen molar-refractivity contribution >= 4 is 17.6 Å². The highest BCUT2D eigenvalue weighted by Crippen LogP contribution is 2.20. The summed E-state index contributed by atoms with van der Waals surface area (Å²) in [6, 6.07) is 3.67. The van der Waals surface area contributed by atoms with Crippen LogP contribution in [0.15, 0.2) is 18.2 Å². The summed E-state index contributed by atoms with van der Waals surface area (Å²) in [7, 11) is 0. The summed E-state index contributed by atoms with van der Waals surface area (Å²) in [6.45, 7) is 6.21. The standard InChI is InChI=1S/C15H22N2O4/c1-9(2)8-16-13(15(20)21)7-14(19)17-12-5-4-11(18)6-10(12)3/h4-6,9,13,16,18H,7-8H2,1-3H3,(H,17,19)(H,20,21). The molecule has 116 valence electrons. The Kier molecular flexibility index (Phi) is 6.17. The third kappa shape index (κ3) is 5.83. The number of rotatable bonds is 7. The van der Waals surface area contributed by atoms with E-state index in [9.17, 15) is 14.7 Å². The molecule has 4 N–H and O–H groups in total. The highest BCUT2D eigenvalue weighted by molar-refractivity contribution is 5.94. The minimum atomic E-state index is -1.05. The average molecular weight is 294 g/mol. The number of hydrogen-bond donors (Lipinski definition) is 4. The summed E-state index contributed by atoms with van der Waals surface area (Å²) in [5.41, 5.74) is 1.27. The van der Waals surface area contributed by atoms with Gasteiger partial charge in [-0.3, -0.25) is 9.59 Å².